The lowest BCUT2D eigenvalue weighted by molar-refractivity contribution is 0.111. The van der Waals surface area contributed by atoms with Gasteiger partial charge in [0, 0.05) is 37.6 Å². The predicted octanol–water partition coefficient (Wildman–Crippen LogP) is 3.45. The number of aliphatic imine (C=N–C) groups is 1. The first-order valence-corrected chi connectivity index (χ1v) is 9.02. The number of halogens is 1. The van der Waals surface area contributed by atoms with Crippen molar-refractivity contribution >= 4 is 22.9 Å². The largest absolute Gasteiger partial charge is 0.347 e. The molecular weight excluding hydrogens is 346 g/mol. The van der Waals surface area contributed by atoms with Gasteiger partial charge >= 0.3 is 0 Å². The average Bonchev–Trinajstić information content (AvgIpc) is 2.69. The summed E-state index contributed by atoms with van der Waals surface area (Å²) in [5.74, 6) is 0. The van der Waals surface area contributed by atoms with Gasteiger partial charge in [0.2, 0.25) is 0 Å². The van der Waals surface area contributed by atoms with Crippen molar-refractivity contribution < 1.29 is 0 Å². The molecule has 0 fully saturated rings. The van der Waals surface area contributed by atoms with E-state index in [9.17, 15) is 0 Å². The Labute approximate surface area is 158 Å². The fraction of sp³-hybridized carbons (Fsp3) is 0.250. The van der Waals surface area contributed by atoms with E-state index >= 15 is 0 Å². The summed E-state index contributed by atoms with van der Waals surface area (Å²) < 4.78 is 0. The highest BCUT2D eigenvalue weighted by atomic mass is 35.5. The van der Waals surface area contributed by atoms with Gasteiger partial charge in [-0.05, 0) is 35.8 Å². The van der Waals surface area contributed by atoms with Crippen LogP contribution in [0.5, 0.6) is 0 Å². The zero-order valence-electron chi connectivity index (χ0n) is 14.6. The van der Waals surface area contributed by atoms with E-state index in [0.29, 0.717) is 0 Å². The molecule has 2 aliphatic rings. The Morgan fingerprint density at radius 2 is 2.08 bits per heavy atom. The topological polar surface area (TPSA) is 44.6 Å². The molecule has 26 heavy (non-hydrogen) atoms. The fourth-order valence-electron chi connectivity index (χ4n) is 3.34. The van der Waals surface area contributed by atoms with E-state index in [2.05, 4.69) is 45.2 Å². The third kappa shape index (κ3) is 3.41. The second-order valence-corrected chi connectivity index (χ2v) is 6.81. The summed E-state index contributed by atoms with van der Waals surface area (Å²) in [6.45, 7) is 1.77. The van der Waals surface area contributed by atoms with E-state index in [4.69, 9.17) is 16.6 Å². The summed E-state index contributed by atoms with van der Waals surface area (Å²) in [5.41, 5.74) is 4.08. The molecule has 0 bridgehead atoms. The van der Waals surface area contributed by atoms with Crippen molar-refractivity contribution in [3.8, 4) is 0 Å². The molecule has 5 nitrogen and oxygen atoms in total. The molecule has 3 heterocycles. The second kappa shape index (κ2) is 7.40. The molecular formula is C20H20ClN5. The number of hydrogen-bond donors (Lipinski definition) is 0. The van der Waals surface area contributed by atoms with Crippen LogP contribution in [0.1, 0.15) is 17.7 Å². The minimum absolute atomic E-state index is 0.0591. The lowest BCUT2D eigenvalue weighted by atomic mass is 10.0. The molecule has 4 rings (SSSR count). The van der Waals surface area contributed by atoms with Crippen LogP contribution >= 0.6 is 11.6 Å². The summed E-state index contributed by atoms with van der Waals surface area (Å²) >= 11 is 6.40. The third-order valence-electron chi connectivity index (χ3n) is 4.66. The van der Waals surface area contributed by atoms with Crippen LogP contribution in [0.25, 0.3) is 5.57 Å². The summed E-state index contributed by atoms with van der Waals surface area (Å²) in [4.78, 5) is 17.7. The van der Waals surface area contributed by atoms with Crippen molar-refractivity contribution in [3.63, 3.8) is 0 Å². The van der Waals surface area contributed by atoms with Gasteiger partial charge in [0.1, 0.15) is 6.33 Å². The molecule has 0 saturated heterocycles. The van der Waals surface area contributed by atoms with Crippen LogP contribution in [-0.4, -0.2) is 51.9 Å². The van der Waals surface area contributed by atoms with Crippen LogP contribution in [0.3, 0.4) is 0 Å². The average molecular weight is 366 g/mol. The van der Waals surface area contributed by atoms with Gasteiger partial charge in [0.15, 0.2) is 6.29 Å². The Kier molecular flexibility index (Phi) is 4.82. The van der Waals surface area contributed by atoms with Gasteiger partial charge in [-0.15, -0.1) is 0 Å². The van der Waals surface area contributed by atoms with Crippen LogP contribution in [-0.2, 0) is 0 Å². The molecule has 0 amide bonds. The molecule has 2 aromatic rings. The van der Waals surface area contributed by atoms with Crippen molar-refractivity contribution in [2.45, 2.75) is 12.7 Å². The van der Waals surface area contributed by atoms with E-state index in [1.807, 2.05) is 30.3 Å². The zero-order valence-corrected chi connectivity index (χ0v) is 15.3. The van der Waals surface area contributed by atoms with E-state index < -0.39 is 0 Å². The molecule has 0 spiro atoms. The Hall–Kier alpha value is -2.50. The fourth-order valence-corrected chi connectivity index (χ4v) is 3.59. The van der Waals surface area contributed by atoms with Crippen LogP contribution in [0, 0.1) is 0 Å². The molecule has 0 aliphatic carbocycles. The van der Waals surface area contributed by atoms with Gasteiger partial charge in [-0.3, -0.25) is 4.90 Å². The number of rotatable bonds is 3. The highest BCUT2D eigenvalue weighted by molar-refractivity contribution is 6.32. The Morgan fingerprint density at radius 1 is 1.19 bits per heavy atom. The molecule has 1 aromatic carbocycles. The molecule has 0 N–H and O–H groups in total. The SMILES string of the molecule is CN1C=CC(c2ccncn2)=NC1N1CCC=C(c2ccccc2Cl)C1. The monoisotopic (exact) mass is 365 g/mol. The van der Waals surface area contributed by atoms with Gasteiger partial charge in [-0.2, -0.15) is 0 Å². The van der Waals surface area contributed by atoms with Gasteiger partial charge in [-0.25, -0.2) is 15.0 Å². The summed E-state index contributed by atoms with van der Waals surface area (Å²) in [6, 6.07) is 9.90. The van der Waals surface area contributed by atoms with Crippen LogP contribution in [0.4, 0.5) is 0 Å². The van der Waals surface area contributed by atoms with Crippen molar-refractivity contribution in [1.82, 2.24) is 19.8 Å². The maximum Gasteiger partial charge on any atom is 0.179 e. The maximum atomic E-state index is 6.40. The standard InChI is InChI=1S/C20H20ClN5/c1-25-12-9-19(18-8-10-22-14-23-18)24-20(25)26-11-4-5-15(13-26)16-6-2-3-7-17(16)21/h2-3,5-10,12,14,20H,4,11,13H2,1H3. The Bertz CT molecular complexity index is 875. The van der Waals surface area contributed by atoms with Crippen LogP contribution in [0.2, 0.25) is 5.02 Å². The molecule has 0 radical (unpaired) electrons. The van der Waals surface area contributed by atoms with E-state index in [0.717, 1.165) is 41.5 Å². The van der Waals surface area contributed by atoms with Gasteiger partial charge in [-0.1, -0.05) is 35.9 Å². The summed E-state index contributed by atoms with van der Waals surface area (Å²) in [5, 5.41) is 0.794. The first-order valence-electron chi connectivity index (χ1n) is 8.65. The van der Waals surface area contributed by atoms with Gasteiger partial charge in [0.25, 0.3) is 0 Å². The normalized spacial score (nSPS) is 20.7. The number of benzene rings is 1. The Balaban J connectivity index is 1.59. The number of nitrogens with zero attached hydrogens (tertiary/aromatic N) is 5. The van der Waals surface area contributed by atoms with Crippen molar-refractivity contribution in [3.05, 3.63) is 77.5 Å². The molecule has 1 unspecified atom stereocenters. The second-order valence-electron chi connectivity index (χ2n) is 6.40. The molecule has 6 heteroatoms. The minimum atomic E-state index is -0.0591. The third-order valence-corrected chi connectivity index (χ3v) is 4.99. The molecule has 1 atom stereocenters. The summed E-state index contributed by atoms with van der Waals surface area (Å²) in [6.07, 6.45) is 10.5. The molecule has 132 valence electrons. The quantitative estimate of drug-likeness (QED) is 0.835. The lowest BCUT2D eigenvalue weighted by Crippen LogP contribution is -2.47. The van der Waals surface area contributed by atoms with Gasteiger partial charge < -0.3 is 4.90 Å². The summed E-state index contributed by atoms with van der Waals surface area (Å²) in [7, 11) is 2.05. The van der Waals surface area contributed by atoms with Gasteiger partial charge in [0.05, 0.1) is 11.4 Å². The maximum absolute atomic E-state index is 6.40. The van der Waals surface area contributed by atoms with Crippen molar-refractivity contribution in [2.75, 3.05) is 20.1 Å². The molecule has 1 aromatic heterocycles. The van der Waals surface area contributed by atoms with E-state index in [1.165, 1.54) is 5.57 Å². The first kappa shape index (κ1) is 16.9. The van der Waals surface area contributed by atoms with Crippen molar-refractivity contribution in [1.29, 1.82) is 0 Å². The van der Waals surface area contributed by atoms with Crippen LogP contribution < -0.4 is 0 Å². The number of aromatic nitrogens is 2. The highest BCUT2D eigenvalue weighted by Gasteiger charge is 2.27. The lowest BCUT2D eigenvalue weighted by Gasteiger charge is -2.38. The van der Waals surface area contributed by atoms with Crippen LogP contribution in [0.15, 0.2) is 66.2 Å². The minimum Gasteiger partial charge on any atom is -0.347 e. The molecule has 2 aliphatic heterocycles. The number of allylic oxidation sites excluding steroid dienone is 1. The van der Waals surface area contributed by atoms with E-state index in [-0.39, 0.29) is 6.29 Å². The number of hydrogen-bond acceptors (Lipinski definition) is 5. The predicted molar refractivity (Wildman–Crippen MR) is 105 cm³/mol. The van der Waals surface area contributed by atoms with Crippen molar-refractivity contribution in [2.24, 2.45) is 4.99 Å². The van der Waals surface area contributed by atoms with E-state index in [1.54, 1.807) is 12.5 Å². The zero-order chi connectivity index (χ0) is 17.9. The first-order chi connectivity index (χ1) is 12.7. The smallest absolute Gasteiger partial charge is 0.179 e. The molecule has 0 saturated carbocycles. The Morgan fingerprint density at radius 3 is 2.88 bits per heavy atom. The highest BCUT2D eigenvalue weighted by Crippen LogP contribution is 2.29.